The molecule has 0 bridgehead atoms. The van der Waals surface area contributed by atoms with Gasteiger partial charge in [-0.1, -0.05) is 35.5 Å². The fourth-order valence-corrected chi connectivity index (χ4v) is 2.58. The van der Waals surface area contributed by atoms with Crippen molar-refractivity contribution < 1.29 is 9.32 Å². The largest absolute Gasteiger partial charge is 0.356 e. The molecule has 0 saturated heterocycles. The van der Waals surface area contributed by atoms with Crippen molar-refractivity contribution in [3.63, 3.8) is 0 Å². The molecule has 0 aliphatic carbocycles. The summed E-state index contributed by atoms with van der Waals surface area (Å²) in [7, 11) is 0. The third-order valence-corrected chi connectivity index (χ3v) is 3.75. The van der Waals surface area contributed by atoms with Crippen molar-refractivity contribution >= 4 is 34.6 Å². The normalized spacial score (nSPS) is 11.0. The molecule has 3 aromatic rings. The summed E-state index contributed by atoms with van der Waals surface area (Å²) < 4.78 is 5.22. The van der Waals surface area contributed by atoms with E-state index in [0.717, 1.165) is 16.7 Å². The lowest BCUT2D eigenvalue weighted by Gasteiger charge is -1.99. The number of nitrogens with zero attached hydrogens (tertiary/aromatic N) is 3. The predicted octanol–water partition coefficient (Wildman–Crippen LogP) is 2.55. The number of aromatic amines is 1. The molecule has 0 fully saturated rings. The van der Waals surface area contributed by atoms with Gasteiger partial charge in [0.15, 0.2) is 5.58 Å². The monoisotopic (exact) mass is 317 g/mol. The highest BCUT2D eigenvalue weighted by molar-refractivity contribution is 7.99. The molecule has 8 heteroatoms. The Bertz CT molecular complexity index is 811. The van der Waals surface area contributed by atoms with Crippen LogP contribution < -0.4 is 5.32 Å². The topological polar surface area (TPSA) is 96.7 Å². The van der Waals surface area contributed by atoms with Crippen LogP contribution in [0.25, 0.3) is 11.0 Å². The lowest BCUT2D eigenvalue weighted by Crippen LogP contribution is -2.15. The number of fused-ring (bicyclic) bond motifs is 1. The number of H-pyrrole nitrogens is 1. The summed E-state index contributed by atoms with van der Waals surface area (Å²) in [5.41, 5.74) is 2.38. The van der Waals surface area contributed by atoms with Crippen molar-refractivity contribution in [1.29, 1.82) is 0 Å². The van der Waals surface area contributed by atoms with Crippen molar-refractivity contribution in [1.82, 2.24) is 20.3 Å². The molecular formula is C14H15N5O2S. The minimum atomic E-state index is -0.221. The predicted molar refractivity (Wildman–Crippen MR) is 83.9 cm³/mol. The molecule has 0 aliphatic rings. The molecule has 22 heavy (non-hydrogen) atoms. The minimum Gasteiger partial charge on any atom is -0.356 e. The van der Waals surface area contributed by atoms with Gasteiger partial charge in [-0.25, -0.2) is 5.10 Å². The Kier molecular flexibility index (Phi) is 4.10. The van der Waals surface area contributed by atoms with Crippen LogP contribution in [0.2, 0.25) is 0 Å². The van der Waals surface area contributed by atoms with E-state index in [2.05, 4.69) is 25.7 Å². The first-order valence-electron chi connectivity index (χ1n) is 6.85. The van der Waals surface area contributed by atoms with Gasteiger partial charge in [0, 0.05) is 5.39 Å². The molecule has 2 heterocycles. The van der Waals surface area contributed by atoms with E-state index in [1.807, 2.05) is 32.0 Å². The molecule has 1 amide bonds. The van der Waals surface area contributed by atoms with Gasteiger partial charge in [0.1, 0.15) is 5.69 Å². The van der Waals surface area contributed by atoms with Crippen molar-refractivity contribution in [3.8, 4) is 0 Å². The van der Waals surface area contributed by atoms with E-state index < -0.39 is 0 Å². The second-order valence-electron chi connectivity index (χ2n) is 4.75. The van der Waals surface area contributed by atoms with Gasteiger partial charge in [-0.3, -0.25) is 10.1 Å². The maximum absolute atomic E-state index is 12.1. The van der Waals surface area contributed by atoms with E-state index in [-0.39, 0.29) is 12.3 Å². The van der Waals surface area contributed by atoms with Crippen LogP contribution in [0.1, 0.15) is 18.2 Å². The Morgan fingerprint density at radius 1 is 1.45 bits per heavy atom. The number of benzene rings is 1. The molecule has 3 rings (SSSR count). The SMILES string of the molecule is CCSc1n[nH]c(NC(=O)Cc2noc3ccc(C)cc23)n1. The van der Waals surface area contributed by atoms with Gasteiger partial charge in [0.05, 0.1) is 6.42 Å². The molecule has 0 saturated carbocycles. The van der Waals surface area contributed by atoms with E-state index in [4.69, 9.17) is 4.52 Å². The number of nitrogens with one attached hydrogen (secondary N) is 2. The van der Waals surface area contributed by atoms with Crippen LogP contribution >= 0.6 is 11.8 Å². The lowest BCUT2D eigenvalue weighted by atomic mass is 10.1. The first-order chi connectivity index (χ1) is 10.7. The van der Waals surface area contributed by atoms with E-state index in [1.165, 1.54) is 11.8 Å². The van der Waals surface area contributed by atoms with Crippen LogP contribution in [0.3, 0.4) is 0 Å². The highest BCUT2D eigenvalue weighted by Crippen LogP contribution is 2.20. The molecule has 0 atom stereocenters. The first kappa shape index (κ1) is 14.6. The van der Waals surface area contributed by atoms with Gasteiger partial charge in [-0.2, -0.15) is 4.98 Å². The number of carbonyl (C=O) groups excluding carboxylic acids is 1. The first-order valence-corrected chi connectivity index (χ1v) is 7.84. The Labute approximate surface area is 130 Å². The average molecular weight is 317 g/mol. The zero-order valence-corrected chi connectivity index (χ0v) is 13.0. The molecule has 114 valence electrons. The minimum absolute atomic E-state index is 0.118. The van der Waals surface area contributed by atoms with E-state index in [1.54, 1.807) is 0 Å². The summed E-state index contributed by atoms with van der Waals surface area (Å²) in [6.45, 7) is 3.99. The Balaban J connectivity index is 1.71. The fraction of sp³-hybridized carbons (Fsp3) is 0.286. The highest BCUT2D eigenvalue weighted by atomic mass is 32.2. The number of rotatable bonds is 5. The van der Waals surface area contributed by atoms with Gasteiger partial charge in [-0.05, 0) is 24.8 Å². The Morgan fingerprint density at radius 2 is 2.32 bits per heavy atom. The molecule has 1 aromatic carbocycles. The molecular weight excluding hydrogens is 302 g/mol. The van der Waals surface area contributed by atoms with Gasteiger partial charge in [-0.15, -0.1) is 5.10 Å². The van der Waals surface area contributed by atoms with Crippen molar-refractivity contribution in [3.05, 3.63) is 29.5 Å². The number of aryl methyl sites for hydroxylation is 1. The zero-order valence-electron chi connectivity index (χ0n) is 12.2. The van der Waals surface area contributed by atoms with Crippen LogP contribution in [-0.2, 0) is 11.2 Å². The smallest absolute Gasteiger partial charge is 0.232 e. The molecule has 7 nitrogen and oxygen atoms in total. The molecule has 0 aliphatic heterocycles. The zero-order chi connectivity index (χ0) is 15.5. The maximum atomic E-state index is 12.1. The van der Waals surface area contributed by atoms with Gasteiger partial charge < -0.3 is 4.52 Å². The van der Waals surface area contributed by atoms with Crippen LogP contribution in [-0.4, -0.2) is 32.0 Å². The summed E-state index contributed by atoms with van der Waals surface area (Å²) in [4.78, 5) is 16.3. The molecule has 2 aromatic heterocycles. The van der Waals surface area contributed by atoms with Gasteiger partial charge >= 0.3 is 0 Å². The number of hydrogen-bond donors (Lipinski definition) is 2. The Morgan fingerprint density at radius 3 is 3.14 bits per heavy atom. The third kappa shape index (κ3) is 3.11. The highest BCUT2D eigenvalue weighted by Gasteiger charge is 2.14. The fourth-order valence-electron chi connectivity index (χ4n) is 2.05. The molecule has 2 N–H and O–H groups in total. The number of aromatic nitrogens is 4. The van der Waals surface area contributed by atoms with E-state index >= 15 is 0 Å². The lowest BCUT2D eigenvalue weighted by molar-refractivity contribution is -0.115. The summed E-state index contributed by atoms with van der Waals surface area (Å²) in [5, 5.41) is 14.8. The Hall–Kier alpha value is -2.35. The van der Waals surface area contributed by atoms with Crippen LogP contribution in [0, 0.1) is 6.92 Å². The van der Waals surface area contributed by atoms with Gasteiger partial charge in [0.25, 0.3) is 0 Å². The third-order valence-electron chi connectivity index (χ3n) is 3.02. The number of thioether (sulfide) groups is 1. The second kappa shape index (κ2) is 6.18. The maximum Gasteiger partial charge on any atom is 0.232 e. The number of hydrogen-bond acceptors (Lipinski definition) is 6. The number of amides is 1. The van der Waals surface area contributed by atoms with Crippen molar-refractivity contribution in [2.75, 3.05) is 11.1 Å². The standard InChI is InChI=1S/C14H15N5O2S/c1-3-22-14-16-13(17-18-14)15-12(20)7-10-9-6-8(2)4-5-11(9)21-19-10/h4-6H,3,7H2,1-2H3,(H2,15,16,17,18,20). The quantitative estimate of drug-likeness (QED) is 0.702. The van der Waals surface area contributed by atoms with Crippen LogP contribution in [0.5, 0.6) is 0 Å². The average Bonchev–Trinajstić information content (AvgIpc) is 3.07. The van der Waals surface area contributed by atoms with Crippen LogP contribution in [0.4, 0.5) is 5.95 Å². The molecule has 0 radical (unpaired) electrons. The molecule has 0 spiro atoms. The van der Waals surface area contributed by atoms with Gasteiger partial charge in [0.2, 0.25) is 17.0 Å². The summed E-state index contributed by atoms with van der Waals surface area (Å²) >= 11 is 1.50. The van der Waals surface area contributed by atoms with Crippen molar-refractivity contribution in [2.24, 2.45) is 0 Å². The summed E-state index contributed by atoms with van der Waals surface area (Å²) in [5.74, 6) is 0.987. The summed E-state index contributed by atoms with van der Waals surface area (Å²) in [6.07, 6.45) is 0.118. The molecule has 0 unspecified atom stereocenters. The number of carbonyl (C=O) groups is 1. The van der Waals surface area contributed by atoms with E-state index in [9.17, 15) is 4.79 Å². The summed E-state index contributed by atoms with van der Waals surface area (Å²) in [6, 6.07) is 5.75. The van der Waals surface area contributed by atoms with Crippen LogP contribution in [0.15, 0.2) is 27.9 Å². The number of anilines is 1. The second-order valence-corrected chi connectivity index (χ2v) is 5.98. The van der Waals surface area contributed by atoms with Crippen molar-refractivity contribution in [2.45, 2.75) is 25.4 Å². The van der Waals surface area contributed by atoms with E-state index in [0.29, 0.717) is 22.4 Å².